The van der Waals surface area contributed by atoms with E-state index in [9.17, 15) is 37.5 Å². The summed E-state index contributed by atoms with van der Waals surface area (Å²) in [5, 5.41) is 14.5. The van der Waals surface area contributed by atoms with E-state index in [0.29, 0.717) is 29.0 Å². The molecule has 2 amide bonds. The Morgan fingerprint density at radius 2 is 1.58 bits per heavy atom. The van der Waals surface area contributed by atoms with Crippen molar-refractivity contribution in [2.24, 2.45) is 12.5 Å². The first-order chi connectivity index (χ1) is 23.2. The van der Waals surface area contributed by atoms with Crippen LogP contribution in [0.3, 0.4) is 0 Å². The van der Waals surface area contributed by atoms with Crippen LogP contribution in [0.2, 0.25) is 0 Å². The van der Waals surface area contributed by atoms with Crippen LogP contribution >= 0.6 is 0 Å². The molecule has 16 heteroatoms. The Morgan fingerprint density at radius 1 is 0.940 bits per heavy atom. The predicted octanol–water partition coefficient (Wildman–Crippen LogP) is 3.64. The molecule has 0 saturated heterocycles. The number of rotatable bonds is 10. The molecule has 0 aliphatic carbocycles. The smallest absolute Gasteiger partial charge is 0.335 e. The fourth-order valence-electron chi connectivity index (χ4n) is 4.70. The summed E-state index contributed by atoms with van der Waals surface area (Å²) in [5.74, 6) is -5.83. The van der Waals surface area contributed by atoms with E-state index in [0.717, 1.165) is 10.6 Å². The van der Waals surface area contributed by atoms with Gasteiger partial charge in [0, 0.05) is 41.9 Å². The van der Waals surface area contributed by atoms with Gasteiger partial charge in [0.25, 0.3) is 21.5 Å². The molecule has 0 bridgehead atoms. The van der Waals surface area contributed by atoms with Gasteiger partial charge in [-0.25, -0.2) is 31.4 Å². The zero-order chi connectivity index (χ0) is 37.3. The molecule has 0 unspecified atom stereocenters. The molecule has 1 atom stereocenters. The number of sulfonamides is 1. The molecule has 4 N–H and O–H groups in total. The van der Waals surface area contributed by atoms with Crippen molar-refractivity contribution in [3.05, 3.63) is 116 Å². The number of anilines is 2. The van der Waals surface area contributed by atoms with Crippen molar-refractivity contribution in [2.75, 3.05) is 10.0 Å². The number of aromatic nitrogens is 2. The first kappa shape index (κ1) is 37.2. The number of aliphatic carboxylic acids is 1. The number of carbonyl (C=O) groups is 3. The number of hydrogen-bond donors (Lipinski definition) is 4. The van der Waals surface area contributed by atoms with Crippen molar-refractivity contribution in [1.29, 1.82) is 0 Å². The Morgan fingerprint density at radius 3 is 2.18 bits per heavy atom. The first-order valence-electron chi connectivity index (χ1n) is 15.1. The lowest BCUT2D eigenvalue weighted by molar-refractivity contribution is -0.139. The van der Waals surface area contributed by atoms with Crippen molar-refractivity contribution < 1.29 is 36.7 Å². The average molecular weight is 712 g/mol. The van der Waals surface area contributed by atoms with Crippen molar-refractivity contribution in [1.82, 2.24) is 14.5 Å². The molecule has 0 radical (unpaired) electrons. The van der Waals surface area contributed by atoms with E-state index >= 15 is 8.78 Å². The molecule has 3 aromatic carbocycles. The standard InChI is InChI=1S/C34H35F2N5O8S/c1-18-19(2)40(6)33(47)41(30(18)43)22-12-10-20(11-13-22)14-28(31(44)45)38-29(42)24-16-26(36)27(17-25(24)35)39-50(48,49)23-9-7-8-21(15-23)37-32(46)34(3,4)5/h7-13,15-17,28,39H,14H2,1-6H3,(H,37,46)(H,38,42)(H,44,45)/t28-/m0/s1. The summed E-state index contributed by atoms with van der Waals surface area (Å²) in [6.45, 7) is 8.21. The summed E-state index contributed by atoms with van der Waals surface area (Å²) < 4.78 is 60.4. The Balaban J connectivity index is 1.51. The lowest BCUT2D eigenvalue weighted by atomic mass is 9.95. The minimum absolute atomic E-state index is 0.151. The van der Waals surface area contributed by atoms with Crippen LogP contribution in [0.15, 0.2) is 75.1 Å². The normalized spacial score (nSPS) is 12.2. The third-order valence-electron chi connectivity index (χ3n) is 7.91. The second kappa shape index (κ2) is 14.1. The van der Waals surface area contributed by atoms with Crippen LogP contribution in [0.4, 0.5) is 20.2 Å². The molecule has 0 aliphatic heterocycles. The van der Waals surface area contributed by atoms with Crippen LogP contribution in [0.5, 0.6) is 0 Å². The van der Waals surface area contributed by atoms with E-state index in [1.165, 1.54) is 54.1 Å². The number of amides is 2. The lowest BCUT2D eigenvalue weighted by Gasteiger charge is -2.18. The van der Waals surface area contributed by atoms with Crippen LogP contribution in [0, 0.1) is 30.9 Å². The maximum absolute atomic E-state index is 15.1. The average Bonchev–Trinajstić information content (AvgIpc) is 3.04. The number of carboxylic acid groups (broad SMARTS) is 1. The lowest BCUT2D eigenvalue weighted by Crippen LogP contribution is -2.42. The summed E-state index contributed by atoms with van der Waals surface area (Å²) in [5.41, 5.74) is -1.96. The van der Waals surface area contributed by atoms with Gasteiger partial charge in [-0.3, -0.25) is 19.1 Å². The molecule has 1 aromatic heterocycles. The fourth-order valence-corrected chi connectivity index (χ4v) is 5.80. The fraction of sp³-hybridized carbons (Fsp3) is 0.265. The number of carboxylic acids is 1. The number of carbonyl (C=O) groups excluding carboxylic acids is 2. The molecule has 0 saturated carbocycles. The summed E-state index contributed by atoms with van der Waals surface area (Å²) in [6, 6.07) is 10.1. The van der Waals surface area contributed by atoms with Crippen LogP contribution in [0.1, 0.15) is 48.0 Å². The van der Waals surface area contributed by atoms with Gasteiger partial charge in [-0.2, -0.15) is 0 Å². The summed E-state index contributed by atoms with van der Waals surface area (Å²) in [7, 11) is -2.98. The molecular formula is C34H35F2N5O8S. The Hall–Kier alpha value is -5.64. The minimum Gasteiger partial charge on any atom is -0.480 e. The molecule has 0 fully saturated rings. The number of hydrogen-bond acceptors (Lipinski definition) is 7. The molecule has 50 heavy (non-hydrogen) atoms. The topological polar surface area (TPSA) is 186 Å². The Kier molecular flexibility index (Phi) is 10.5. The van der Waals surface area contributed by atoms with Gasteiger partial charge < -0.3 is 20.3 Å². The number of nitrogens with one attached hydrogen (secondary N) is 3. The van der Waals surface area contributed by atoms with E-state index in [-0.39, 0.29) is 28.6 Å². The second-order valence-corrected chi connectivity index (χ2v) is 14.3. The predicted molar refractivity (Wildman–Crippen MR) is 181 cm³/mol. The van der Waals surface area contributed by atoms with Crippen molar-refractivity contribution in [3.8, 4) is 5.69 Å². The van der Waals surface area contributed by atoms with Crippen molar-refractivity contribution in [2.45, 2.75) is 52.0 Å². The van der Waals surface area contributed by atoms with Gasteiger partial charge in [-0.1, -0.05) is 39.0 Å². The molecule has 0 aliphatic rings. The van der Waals surface area contributed by atoms with E-state index in [1.54, 1.807) is 34.6 Å². The van der Waals surface area contributed by atoms with Crippen LogP contribution in [0.25, 0.3) is 5.69 Å². The van der Waals surface area contributed by atoms with Gasteiger partial charge in [0.15, 0.2) is 0 Å². The third kappa shape index (κ3) is 7.97. The minimum atomic E-state index is -4.50. The maximum atomic E-state index is 15.1. The summed E-state index contributed by atoms with van der Waals surface area (Å²) in [4.78, 5) is 62.4. The van der Waals surface area contributed by atoms with Gasteiger partial charge in [-0.15, -0.1) is 0 Å². The maximum Gasteiger partial charge on any atom is 0.335 e. The highest BCUT2D eigenvalue weighted by atomic mass is 32.2. The quantitative estimate of drug-likeness (QED) is 0.192. The molecular weight excluding hydrogens is 676 g/mol. The van der Waals surface area contributed by atoms with E-state index in [1.807, 2.05) is 4.72 Å². The molecule has 264 valence electrons. The van der Waals surface area contributed by atoms with Crippen LogP contribution < -0.4 is 26.6 Å². The van der Waals surface area contributed by atoms with Gasteiger partial charge in [0.05, 0.1) is 21.8 Å². The van der Waals surface area contributed by atoms with Gasteiger partial charge in [0.2, 0.25) is 5.91 Å². The molecule has 4 aromatic rings. The third-order valence-corrected chi connectivity index (χ3v) is 9.28. The van der Waals surface area contributed by atoms with E-state index < -0.39 is 67.5 Å². The van der Waals surface area contributed by atoms with E-state index in [4.69, 9.17) is 0 Å². The molecule has 1 heterocycles. The number of halogens is 2. The van der Waals surface area contributed by atoms with Crippen molar-refractivity contribution in [3.63, 3.8) is 0 Å². The zero-order valence-corrected chi connectivity index (χ0v) is 28.7. The highest BCUT2D eigenvalue weighted by molar-refractivity contribution is 7.92. The zero-order valence-electron chi connectivity index (χ0n) is 27.9. The van der Waals surface area contributed by atoms with Crippen LogP contribution in [-0.4, -0.2) is 46.5 Å². The SMILES string of the molecule is Cc1c(C)n(C)c(=O)n(-c2ccc(C[C@H](NC(=O)c3cc(F)c(NS(=O)(=O)c4cccc(NC(=O)C(C)(C)C)c4)cc3F)C(=O)O)cc2)c1=O. The van der Waals surface area contributed by atoms with Gasteiger partial charge in [-0.05, 0) is 55.8 Å². The monoisotopic (exact) mass is 711 g/mol. The highest BCUT2D eigenvalue weighted by Gasteiger charge is 2.26. The highest BCUT2D eigenvalue weighted by Crippen LogP contribution is 2.25. The van der Waals surface area contributed by atoms with Gasteiger partial charge >= 0.3 is 11.7 Å². The molecule has 0 spiro atoms. The Bertz CT molecular complexity index is 2200. The summed E-state index contributed by atoms with van der Waals surface area (Å²) in [6.07, 6.45) is -0.307. The molecule has 13 nitrogen and oxygen atoms in total. The summed E-state index contributed by atoms with van der Waals surface area (Å²) >= 11 is 0. The van der Waals surface area contributed by atoms with Crippen molar-refractivity contribution >= 4 is 39.2 Å². The number of nitrogens with zero attached hydrogens (tertiary/aromatic N) is 2. The van der Waals surface area contributed by atoms with Gasteiger partial charge in [0.1, 0.15) is 17.7 Å². The van der Waals surface area contributed by atoms with Crippen LogP contribution in [-0.2, 0) is 33.1 Å². The molecule has 4 rings (SSSR count). The first-order valence-corrected chi connectivity index (χ1v) is 16.5. The largest absolute Gasteiger partial charge is 0.480 e. The number of benzene rings is 3. The second-order valence-electron chi connectivity index (χ2n) is 12.6. The Labute approximate surface area is 285 Å². The van der Waals surface area contributed by atoms with E-state index in [2.05, 4.69) is 10.6 Å².